The summed E-state index contributed by atoms with van der Waals surface area (Å²) in [5.41, 5.74) is 1.68. The average Bonchev–Trinajstić information content (AvgIpc) is 3.09. The van der Waals surface area contributed by atoms with Gasteiger partial charge in [-0.05, 0) is 54.6 Å². The average molecular weight is 336 g/mol. The molecule has 124 valence electrons. The molecular weight excluding hydrogens is 323 g/mol. The number of allylic oxidation sites excluding steroid dienone is 1. The fourth-order valence-electron chi connectivity index (χ4n) is 2.39. The van der Waals surface area contributed by atoms with Crippen LogP contribution < -0.4 is 0 Å². The fourth-order valence-corrected chi connectivity index (χ4v) is 2.39. The molecule has 0 saturated heterocycles. The van der Waals surface area contributed by atoms with Gasteiger partial charge in [-0.15, -0.1) is 0 Å². The number of halogens is 1. The number of aromatic nitrogens is 1. The lowest BCUT2D eigenvalue weighted by Gasteiger charge is -2.06. The van der Waals surface area contributed by atoms with Gasteiger partial charge in [-0.2, -0.15) is 0 Å². The lowest BCUT2D eigenvalue weighted by atomic mass is 10.1. The number of hydrogen-bond donors (Lipinski definition) is 0. The van der Waals surface area contributed by atoms with Crippen molar-refractivity contribution in [3.8, 4) is 5.69 Å². The number of non-ortho nitro benzene ring substituents is 1. The Kier molecular flexibility index (Phi) is 4.52. The first-order valence-corrected chi connectivity index (χ1v) is 7.45. The van der Waals surface area contributed by atoms with E-state index >= 15 is 0 Å². The third-order valence-electron chi connectivity index (χ3n) is 3.63. The number of carbonyl (C=O) groups excluding carboxylic acids is 1. The standard InChI is InChI=1S/C19H13FN2O3/c20-15-8-6-14(7-9-15)19(23)11-10-16-5-2-12-21(16)17-3-1-4-18(13-17)22(24)25/h1-13H/b11-10+. The molecule has 3 rings (SSSR count). The third-order valence-corrected chi connectivity index (χ3v) is 3.63. The van der Waals surface area contributed by atoms with Crippen molar-refractivity contribution in [3.05, 3.63) is 100 Å². The lowest BCUT2D eigenvalue weighted by Crippen LogP contribution is -1.98. The molecule has 5 nitrogen and oxygen atoms in total. The maximum atomic E-state index is 12.9. The monoisotopic (exact) mass is 336 g/mol. The largest absolute Gasteiger partial charge is 0.317 e. The van der Waals surface area contributed by atoms with E-state index in [0.29, 0.717) is 16.9 Å². The highest BCUT2D eigenvalue weighted by atomic mass is 19.1. The molecular formula is C19H13FN2O3. The lowest BCUT2D eigenvalue weighted by molar-refractivity contribution is -0.384. The SMILES string of the molecule is O=C(/C=C/c1cccn1-c1cccc([N+](=O)[O-])c1)c1ccc(F)cc1. The molecule has 0 aliphatic heterocycles. The highest BCUT2D eigenvalue weighted by molar-refractivity contribution is 6.06. The molecule has 0 atom stereocenters. The molecule has 0 aliphatic carbocycles. The van der Waals surface area contributed by atoms with E-state index in [-0.39, 0.29) is 11.5 Å². The predicted octanol–water partition coefficient (Wildman–Crippen LogP) is 4.42. The zero-order chi connectivity index (χ0) is 17.8. The topological polar surface area (TPSA) is 65.1 Å². The third kappa shape index (κ3) is 3.69. The van der Waals surface area contributed by atoms with Crippen LogP contribution >= 0.6 is 0 Å². The van der Waals surface area contributed by atoms with Crippen LogP contribution in [0.5, 0.6) is 0 Å². The van der Waals surface area contributed by atoms with Crippen LogP contribution in [0.15, 0.2) is 72.9 Å². The summed E-state index contributed by atoms with van der Waals surface area (Å²) in [6, 6.07) is 15.1. The molecule has 25 heavy (non-hydrogen) atoms. The van der Waals surface area contributed by atoms with Gasteiger partial charge in [0, 0.05) is 29.6 Å². The minimum Gasteiger partial charge on any atom is -0.317 e. The Bertz CT molecular complexity index is 959. The molecule has 0 saturated carbocycles. The first-order chi connectivity index (χ1) is 12.0. The summed E-state index contributed by atoms with van der Waals surface area (Å²) in [6.45, 7) is 0. The van der Waals surface area contributed by atoms with Crippen molar-refractivity contribution in [2.24, 2.45) is 0 Å². The van der Waals surface area contributed by atoms with Crippen LogP contribution in [-0.4, -0.2) is 15.3 Å². The number of hydrogen-bond acceptors (Lipinski definition) is 3. The van der Waals surface area contributed by atoms with E-state index in [1.807, 2.05) is 0 Å². The highest BCUT2D eigenvalue weighted by Crippen LogP contribution is 2.19. The molecule has 1 aromatic heterocycles. The molecule has 0 radical (unpaired) electrons. The maximum Gasteiger partial charge on any atom is 0.271 e. The summed E-state index contributed by atoms with van der Waals surface area (Å²) in [5.74, 6) is -0.660. The van der Waals surface area contributed by atoms with E-state index < -0.39 is 10.7 Å². The molecule has 6 heteroatoms. The number of ketones is 1. The molecule has 2 aromatic carbocycles. The Morgan fingerprint density at radius 3 is 2.56 bits per heavy atom. The van der Waals surface area contributed by atoms with Gasteiger partial charge in [0.2, 0.25) is 0 Å². The summed E-state index contributed by atoms with van der Waals surface area (Å²) in [7, 11) is 0. The second kappa shape index (κ2) is 6.92. The molecule has 1 heterocycles. The van der Waals surface area contributed by atoms with Gasteiger partial charge in [0.15, 0.2) is 5.78 Å². The highest BCUT2D eigenvalue weighted by Gasteiger charge is 2.08. The number of nitro benzene ring substituents is 1. The van der Waals surface area contributed by atoms with Crippen molar-refractivity contribution in [1.82, 2.24) is 4.57 Å². The van der Waals surface area contributed by atoms with Crippen molar-refractivity contribution in [3.63, 3.8) is 0 Å². The Balaban J connectivity index is 1.87. The molecule has 0 N–H and O–H groups in total. The van der Waals surface area contributed by atoms with Crippen LogP contribution in [-0.2, 0) is 0 Å². The van der Waals surface area contributed by atoms with Crippen molar-refractivity contribution < 1.29 is 14.1 Å². The molecule has 0 fully saturated rings. The fraction of sp³-hybridized carbons (Fsp3) is 0. The second-order valence-electron chi connectivity index (χ2n) is 5.28. The summed E-state index contributed by atoms with van der Waals surface area (Å²) < 4.78 is 14.6. The van der Waals surface area contributed by atoms with Crippen molar-refractivity contribution in [2.45, 2.75) is 0 Å². The van der Waals surface area contributed by atoms with Crippen LogP contribution in [0.4, 0.5) is 10.1 Å². The Labute approximate surface area is 142 Å². The number of carbonyl (C=O) groups is 1. The van der Waals surface area contributed by atoms with E-state index in [0.717, 1.165) is 0 Å². The van der Waals surface area contributed by atoms with Gasteiger partial charge >= 0.3 is 0 Å². The van der Waals surface area contributed by atoms with Crippen LogP contribution in [0.1, 0.15) is 16.1 Å². The molecule has 3 aromatic rings. The minimum atomic E-state index is -0.458. The van der Waals surface area contributed by atoms with Gasteiger partial charge in [-0.3, -0.25) is 14.9 Å². The quantitative estimate of drug-likeness (QED) is 0.300. The smallest absolute Gasteiger partial charge is 0.271 e. The van der Waals surface area contributed by atoms with Crippen LogP contribution in [0.25, 0.3) is 11.8 Å². The van der Waals surface area contributed by atoms with Crippen LogP contribution in [0.2, 0.25) is 0 Å². The number of benzene rings is 2. The number of rotatable bonds is 5. The summed E-state index contributed by atoms with van der Waals surface area (Å²) >= 11 is 0. The second-order valence-corrected chi connectivity index (χ2v) is 5.28. The number of nitro groups is 1. The minimum absolute atomic E-state index is 0.0106. The van der Waals surface area contributed by atoms with Crippen molar-refractivity contribution in [1.29, 1.82) is 0 Å². The predicted molar refractivity (Wildman–Crippen MR) is 92.2 cm³/mol. The first-order valence-electron chi connectivity index (χ1n) is 7.45. The van der Waals surface area contributed by atoms with Gasteiger partial charge in [0.1, 0.15) is 5.82 Å². The van der Waals surface area contributed by atoms with Gasteiger partial charge in [-0.1, -0.05) is 6.07 Å². The van der Waals surface area contributed by atoms with Crippen molar-refractivity contribution >= 4 is 17.5 Å². The molecule has 0 bridgehead atoms. The normalized spacial score (nSPS) is 10.9. The van der Waals surface area contributed by atoms with Gasteiger partial charge in [0.05, 0.1) is 10.6 Å². The summed E-state index contributed by atoms with van der Waals surface area (Å²) in [4.78, 5) is 22.6. The molecule has 0 aliphatic rings. The van der Waals surface area contributed by atoms with Gasteiger partial charge in [-0.25, -0.2) is 4.39 Å². The van der Waals surface area contributed by atoms with Crippen LogP contribution in [0.3, 0.4) is 0 Å². The Morgan fingerprint density at radius 2 is 1.84 bits per heavy atom. The summed E-state index contributed by atoms with van der Waals surface area (Å²) in [5, 5.41) is 10.9. The first kappa shape index (κ1) is 16.3. The molecule has 0 spiro atoms. The zero-order valence-electron chi connectivity index (χ0n) is 13.0. The molecule has 0 amide bonds. The summed E-state index contributed by atoms with van der Waals surface area (Å²) in [6.07, 6.45) is 4.75. The van der Waals surface area contributed by atoms with E-state index in [4.69, 9.17) is 0 Å². The van der Waals surface area contributed by atoms with E-state index in [2.05, 4.69) is 0 Å². The maximum absolute atomic E-state index is 12.9. The zero-order valence-corrected chi connectivity index (χ0v) is 13.0. The van der Waals surface area contributed by atoms with E-state index in [1.54, 1.807) is 41.1 Å². The van der Waals surface area contributed by atoms with Gasteiger partial charge < -0.3 is 4.57 Å². The number of nitrogens with zero attached hydrogens (tertiary/aromatic N) is 2. The van der Waals surface area contributed by atoms with Crippen molar-refractivity contribution in [2.75, 3.05) is 0 Å². The Morgan fingerprint density at radius 1 is 1.08 bits per heavy atom. The molecule has 0 unspecified atom stereocenters. The Hall–Kier alpha value is -3.54. The van der Waals surface area contributed by atoms with E-state index in [9.17, 15) is 19.3 Å². The van der Waals surface area contributed by atoms with Crippen LogP contribution in [0, 0.1) is 15.9 Å². The van der Waals surface area contributed by atoms with E-state index in [1.165, 1.54) is 42.5 Å². The van der Waals surface area contributed by atoms with Gasteiger partial charge in [0.25, 0.3) is 5.69 Å².